The van der Waals surface area contributed by atoms with E-state index in [4.69, 9.17) is 4.84 Å². The van der Waals surface area contributed by atoms with Gasteiger partial charge in [0.05, 0.1) is 14.1 Å². The van der Waals surface area contributed by atoms with Crippen LogP contribution >= 0.6 is 0 Å². The van der Waals surface area contributed by atoms with Crippen molar-refractivity contribution in [3.8, 4) is 0 Å². The largest absolute Gasteiger partial charge is 1.00 e. The van der Waals surface area contributed by atoms with Gasteiger partial charge in [0.25, 0.3) is 0 Å². The lowest BCUT2D eigenvalue weighted by atomic mass is 10.1. The number of rotatable bonds is 16. The topological polar surface area (TPSA) is 9.23 Å². The molecule has 1 aromatic rings. The third-order valence-corrected chi connectivity index (χ3v) is 4.97. The molecule has 0 aliphatic rings. The number of benzene rings is 1. The maximum Gasteiger partial charge on any atom is 0.131 e. The standard InChI is InChI=1S/C23H42NO.BrH/c1-4-5-6-7-8-9-10-11-12-13-14-18-21-24(2,3)25-22-23-19-16-15-17-20-23;/h15-17,19-20H,4-14,18,21-22H2,1-3H3;1H/q+1;/p-1. The predicted molar refractivity (Wildman–Crippen MR) is 109 cm³/mol. The van der Waals surface area contributed by atoms with Crippen molar-refractivity contribution in [2.45, 2.75) is 90.6 Å². The van der Waals surface area contributed by atoms with Crippen LogP contribution in [0.3, 0.4) is 0 Å². The van der Waals surface area contributed by atoms with Crippen molar-refractivity contribution in [1.29, 1.82) is 0 Å². The average molecular weight is 428 g/mol. The van der Waals surface area contributed by atoms with Crippen LogP contribution in [0.4, 0.5) is 0 Å². The smallest absolute Gasteiger partial charge is 0.131 e. The van der Waals surface area contributed by atoms with Gasteiger partial charge in [0, 0.05) is 0 Å². The Kier molecular flexibility index (Phi) is 16.5. The summed E-state index contributed by atoms with van der Waals surface area (Å²) in [4.78, 5) is 6.05. The quantitative estimate of drug-likeness (QED) is 0.221. The van der Waals surface area contributed by atoms with Gasteiger partial charge in [-0.25, -0.2) is 0 Å². The molecule has 1 rings (SSSR count). The zero-order valence-electron chi connectivity index (χ0n) is 17.5. The molecule has 0 heterocycles. The number of hydrogen-bond donors (Lipinski definition) is 0. The van der Waals surface area contributed by atoms with Crippen LogP contribution in [0.5, 0.6) is 0 Å². The molecule has 0 bridgehead atoms. The summed E-state index contributed by atoms with van der Waals surface area (Å²) in [6.45, 7) is 4.09. The highest BCUT2D eigenvalue weighted by molar-refractivity contribution is 5.13. The highest BCUT2D eigenvalue weighted by atomic mass is 79.9. The summed E-state index contributed by atoms with van der Waals surface area (Å²) in [5.41, 5.74) is 1.25. The molecule has 3 heteroatoms. The van der Waals surface area contributed by atoms with Crippen LogP contribution in [0.1, 0.15) is 89.5 Å². The number of halogens is 1. The predicted octanol–water partition coefficient (Wildman–Crippen LogP) is 3.90. The van der Waals surface area contributed by atoms with E-state index < -0.39 is 0 Å². The van der Waals surface area contributed by atoms with E-state index in [2.05, 4.69) is 51.4 Å². The first kappa shape index (κ1) is 25.6. The van der Waals surface area contributed by atoms with E-state index in [0.717, 1.165) is 6.54 Å². The van der Waals surface area contributed by atoms with Crippen LogP contribution in [-0.2, 0) is 11.4 Å². The van der Waals surface area contributed by atoms with E-state index in [-0.39, 0.29) is 17.0 Å². The van der Waals surface area contributed by atoms with Crippen molar-refractivity contribution in [3.63, 3.8) is 0 Å². The van der Waals surface area contributed by atoms with Gasteiger partial charge in [-0.1, -0.05) is 101 Å². The summed E-state index contributed by atoms with van der Waals surface area (Å²) in [6, 6.07) is 10.5. The van der Waals surface area contributed by atoms with Crippen molar-refractivity contribution in [2.75, 3.05) is 20.6 Å². The minimum atomic E-state index is 0. The van der Waals surface area contributed by atoms with E-state index in [1.807, 2.05) is 0 Å². The molecule has 0 aliphatic carbocycles. The zero-order chi connectivity index (χ0) is 18.2. The molecule has 0 fully saturated rings. The lowest BCUT2D eigenvalue weighted by Gasteiger charge is -2.27. The third-order valence-electron chi connectivity index (χ3n) is 4.97. The summed E-state index contributed by atoms with van der Waals surface area (Å²) in [5.74, 6) is 0. The number of hydroxylamine groups is 3. The van der Waals surface area contributed by atoms with Crippen molar-refractivity contribution >= 4 is 0 Å². The lowest BCUT2D eigenvalue weighted by molar-refractivity contribution is -1.08. The first-order valence-corrected chi connectivity index (χ1v) is 10.7. The summed E-state index contributed by atoms with van der Waals surface area (Å²) in [7, 11) is 4.34. The third kappa shape index (κ3) is 14.8. The number of hydrogen-bond acceptors (Lipinski definition) is 1. The zero-order valence-corrected chi connectivity index (χ0v) is 19.1. The Balaban J connectivity index is 0.00000625. The lowest BCUT2D eigenvalue weighted by Crippen LogP contribution is -3.00. The monoisotopic (exact) mass is 427 g/mol. The maximum atomic E-state index is 6.05. The maximum absolute atomic E-state index is 6.05. The van der Waals surface area contributed by atoms with Crippen molar-refractivity contribution in [2.24, 2.45) is 0 Å². The molecule has 0 N–H and O–H groups in total. The molecule has 1 aromatic carbocycles. The number of quaternary nitrogens is 1. The van der Waals surface area contributed by atoms with Crippen LogP contribution in [-0.4, -0.2) is 25.3 Å². The molecule has 0 atom stereocenters. The Bertz CT molecular complexity index is 408. The van der Waals surface area contributed by atoms with Crippen LogP contribution in [0.25, 0.3) is 0 Å². The fraction of sp³-hybridized carbons (Fsp3) is 0.739. The molecular formula is C23H42BrNO. The van der Waals surface area contributed by atoms with E-state index in [1.54, 1.807) is 0 Å². The SMILES string of the molecule is CCCCCCCCCCCCCC[N+](C)(C)OCc1ccccc1.[Br-]. The molecule has 2 nitrogen and oxygen atoms in total. The van der Waals surface area contributed by atoms with Gasteiger partial charge in [-0.05, 0) is 18.4 Å². The first-order valence-electron chi connectivity index (χ1n) is 10.7. The summed E-state index contributed by atoms with van der Waals surface area (Å²) in [6.07, 6.45) is 16.8. The van der Waals surface area contributed by atoms with Gasteiger partial charge in [0.1, 0.15) is 13.2 Å². The Morgan fingerprint density at radius 3 is 1.65 bits per heavy atom. The molecular weight excluding hydrogens is 386 g/mol. The Hall–Kier alpha value is -0.380. The van der Waals surface area contributed by atoms with Crippen molar-refractivity contribution < 1.29 is 26.5 Å². The van der Waals surface area contributed by atoms with Crippen molar-refractivity contribution in [1.82, 2.24) is 0 Å². The van der Waals surface area contributed by atoms with Crippen molar-refractivity contribution in [3.05, 3.63) is 35.9 Å². The van der Waals surface area contributed by atoms with Gasteiger partial charge in [0.15, 0.2) is 0 Å². The Labute approximate surface area is 173 Å². The van der Waals surface area contributed by atoms with E-state index in [1.165, 1.54) is 82.6 Å². The second-order valence-corrected chi connectivity index (χ2v) is 7.95. The molecule has 0 aromatic heterocycles. The summed E-state index contributed by atoms with van der Waals surface area (Å²) in [5, 5.41) is 0. The van der Waals surface area contributed by atoms with Gasteiger partial charge in [0.2, 0.25) is 0 Å². The summed E-state index contributed by atoms with van der Waals surface area (Å²) >= 11 is 0. The average Bonchev–Trinajstić information content (AvgIpc) is 2.62. The van der Waals surface area contributed by atoms with E-state index >= 15 is 0 Å². The van der Waals surface area contributed by atoms with Gasteiger partial charge < -0.3 is 17.0 Å². The minimum Gasteiger partial charge on any atom is -1.00 e. The minimum absolute atomic E-state index is 0. The second-order valence-electron chi connectivity index (χ2n) is 7.95. The first-order chi connectivity index (χ1) is 12.1. The fourth-order valence-corrected chi connectivity index (χ4v) is 3.22. The molecule has 0 saturated heterocycles. The fourth-order valence-electron chi connectivity index (χ4n) is 3.22. The Morgan fingerprint density at radius 1 is 0.692 bits per heavy atom. The molecule has 0 radical (unpaired) electrons. The highest BCUT2D eigenvalue weighted by Crippen LogP contribution is 2.13. The molecule has 0 spiro atoms. The molecule has 152 valence electrons. The van der Waals surface area contributed by atoms with Crippen LogP contribution in [0.15, 0.2) is 30.3 Å². The Morgan fingerprint density at radius 2 is 1.15 bits per heavy atom. The van der Waals surface area contributed by atoms with E-state index in [9.17, 15) is 0 Å². The number of nitrogens with zero attached hydrogens (tertiary/aromatic N) is 1. The van der Waals surface area contributed by atoms with Gasteiger partial charge >= 0.3 is 0 Å². The molecule has 0 saturated carbocycles. The second kappa shape index (κ2) is 16.8. The highest BCUT2D eigenvalue weighted by Gasteiger charge is 2.16. The van der Waals surface area contributed by atoms with Crippen LogP contribution in [0, 0.1) is 0 Å². The molecule has 0 amide bonds. The van der Waals surface area contributed by atoms with Gasteiger partial charge in [-0.3, -0.25) is 0 Å². The number of unbranched alkanes of at least 4 members (excludes halogenated alkanes) is 11. The van der Waals surface area contributed by atoms with Gasteiger partial charge in [-0.2, -0.15) is 9.48 Å². The van der Waals surface area contributed by atoms with Gasteiger partial charge in [-0.15, -0.1) is 0 Å². The van der Waals surface area contributed by atoms with Crippen LogP contribution in [0.2, 0.25) is 0 Å². The summed E-state index contributed by atoms with van der Waals surface area (Å²) < 4.78 is 0.659. The van der Waals surface area contributed by atoms with E-state index in [0.29, 0.717) is 11.3 Å². The molecule has 0 unspecified atom stereocenters. The molecule has 0 aliphatic heterocycles. The van der Waals surface area contributed by atoms with Crippen LogP contribution < -0.4 is 17.0 Å². The normalized spacial score (nSPS) is 11.3. The molecule has 26 heavy (non-hydrogen) atoms.